The number of amides is 1. The van der Waals surface area contributed by atoms with Crippen molar-refractivity contribution in [1.29, 1.82) is 0 Å². The molecular weight excluding hydrogens is 454 g/mol. The van der Waals surface area contributed by atoms with Crippen LogP contribution in [0.15, 0.2) is 39.0 Å². The molecule has 34 heavy (non-hydrogen) atoms. The van der Waals surface area contributed by atoms with Crippen LogP contribution in [0, 0.1) is 5.92 Å². The molecule has 3 rings (SSSR count). The molecule has 10 heteroatoms. The Kier molecular flexibility index (Phi) is 8.60. The molecule has 0 fully saturated rings. The Bertz CT molecular complexity index is 1260. The fourth-order valence-corrected chi connectivity index (χ4v) is 4.69. The minimum absolute atomic E-state index is 0.120. The summed E-state index contributed by atoms with van der Waals surface area (Å²) in [6.07, 6.45) is 4.22. The molecule has 0 aliphatic heterocycles. The van der Waals surface area contributed by atoms with Crippen molar-refractivity contribution in [3.05, 3.63) is 45.1 Å². The summed E-state index contributed by atoms with van der Waals surface area (Å²) in [5.41, 5.74) is 0.621. The van der Waals surface area contributed by atoms with Crippen LogP contribution in [0.1, 0.15) is 39.5 Å². The van der Waals surface area contributed by atoms with Gasteiger partial charge in [-0.25, -0.2) is 9.78 Å². The van der Waals surface area contributed by atoms with E-state index >= 15 is 0 Å². The smallest absolute Gasteiger partial charge is 0.332 e. The van der Waals surface area contributed by atoms with Crippen LogP contribution < -0.4 is 21.3 Å². The van der Waals surface area contributed by atoms with Crippen LogP contribution in [0.25, 0.3) is 11.2 Å². The van der Waals surface area contributed by atoms with Crippen molar-refractivity contribution >= 4 is 34.5 Å². The molecule has 3 aromatic rings. The lowest BCUT2D eigenvalue weighted by molar-refractivity contribution is -0.113. The van der Waals surface area contributed by atoms with E-state index in [1.807, 2.05) is 4.57 Å². The summed E-state index contributed by atoms with van der Waals surface area (Å²) in [6, 6.07) is 7.10. The average Bonchev–Trinajstić information content (AvgIpc) is 3.21. The number of aromatic nitrogens is 4. The SMILES string of the molecule is CCCC[C@H](CC)Cn1c(SCC(=O)Nc2ccc(OC)cc2)nc2c1c(=O)n(C)c(=O)n2C. The molecule has 0 spiro atoms. The van der Waals surface area contributed by atoms with Gasteiger partial charge in [0.1, 0.15) is 5.75 Å². The molecule has 184 valence electrons. The first kappa shape index (κ1) is 25.6. The van der Waals surface area contributed by atoms with Crippen molar-refractivity contribution in [2.45, 2.75) is 51.2 Å². The Labute approximate surface area is 203 Å². The Hall–Kier alpha value is -3.01. The number of hydrogen-bond acceptors (Lipinski definition) is 6. The van der Waals surface area contributed by atoms with Crippen molar-refractivity contribution in [1.82, 2.24) is 18.7 Å². The van der Waals surface area contributed by atoms with Gasteiger partial charge in [-0.05, 0) is 36.6 Å². The van der Waals surface area contributed by atoms with E-state index in [4.69, 9.17) is 4.74 Å². The summed E-state index contributed by atoms with van der Waals surface area (Å²) in [4.78, 5) is 42.7. The van der Waals surface area contributed by atoms with Gasteiger partial charge < -0.3 is 14.6 Å². The number of thioether (sulfide) groups is 1. The molecule has 1 amide bonds. The summed E-state index contributed by atoms with van der Waals surface area (Å²) in [5, 5.41) is 3.43. The van der Waals surface area contributed by atoms with E-state index in [1.165, 1.54) is 23.4 Å². The molecule has 2 heterocycles. The number of nitrogens with zero attached hydrogens (tertiary/aromatic N) is 4. The first-order valence-electron chi connectivity index (χ1n) is 11.5. The lowest BCUT2D eigenvalue weighted by Gasteiger charge is -2.17. The topological polar surface area (TPSA) is 100 Å². The molecule has 0 saturated heterocycles. The second-order valence-electron chi connectivity index (χ2n) is 8.36. The Morgan fingerprint density at radius 2 is 1.85 bits per heavy atom. The number of fused-ring (bicyclic) bond motifs is 1. The number of carbonyl (C=O) groups is 1. The van der Waals surface area contributed by atoms with E-state index in [0.29, 0.717) is 40.2 Å². The maximum atomic E-state index is 13.0. The fourth-order valence-electron chi connectivity index (χ4n) is 3.88. The highest BCUT2D eigenvalue weighted by Crippen LogP contribution is 2.26. The molecule has 1 aromatic carbocycles. The van der Waals surface area contributed by atoms with Crippen molar-refractivity contribution in [2.24, 2.45) is 20.0 Å². The van der Waals surface area contributed by atoms with Crippen molar-refractivity contribution < 1.29 is 9.53 Å². The van der Waals surface area contributed by atoms with E-state index in [1.54, 1.807) is 38.4 Å². The molecule has 2 aromatic heterocycles. The lowest BCUT2D eigenvalue weighted by atomic mass is 9.99. The molecule has 1 N–H and O–H groups in total. The van der Waals surface area contributed by atoms with Crippen LogP contribution in [0.4, 0.5) is 5.69 Å². The second-order valence-corrected chi connectivity index (χ2v) is 9.31. The maximum Gasteiger partial charge on any atom is 0.332 e. The molecule has 0 saturated carbocycles. The summed E-state index contributed by atoms with van der Waals surface area (Å²) >= 11 is 1.26. The summed E-state index contributed by atoms with van der Waals surface area (Å²) < 4.78 is 9.54. The monoisotopic (exact) mass is 487 g/mol. The molecular formula is C24H33N5O4S. The number of aryl methyl sites for hydroxylation is 1. The van der Waals surface area contributed by atoms with Crippen LogP contribution in [0.5, 0.6) is 5.75 Å². The number of nitrogens with one attached hydrogen (secondary N) is 1. The third kappa shape index (κ3) is 5.55. The van der Waals surface area contributed by atoms with Gasteiger partial charge in [0, 0.05) is 26.3 Å². The van der Waals surface area contributed by atoms with Gasteiger partial charge >= 0.3 is 5.69 Å². The first-order valence-corrected chi connectivity index (χ1v) is 12.5. The zero-order chi connectivity index (χ0) is 24.8. The highest BCUT2D eigenvalue weighted by molar-refractivity contribution is 7.99. The van der Waals surface area contributed by atoms with E-state index < -0.39 is 5.69 Å². The van der Waals surface area contributed by atoms with Gasteiger partial charge in [0.2, 0.25) is 5.91 Å². The molecule has 9 nitrogen and oxygen atoms in total. The largest absolute Gasteiger partial charge is 0.497 e. The Morgan fingerprint density at radius 1 is 1.15 bits per heavy atom. The lowest BCUT2D eigenvalue weighted by Crippen LogP contribution is -2.37. The van der Waals surface area contributed by atoms with E-state index in [0.717, 1.165) is 30.3 Å². The van der Waals surface area contributed by atoms with Crippen molar-refractivity contribution in [3.8, 4) is 5.75 Å². The van der Waals surface area contributed by atoms with Gasteiger partial charge in [0.05, 0.1) is 12.9 Å². The molecule has 0 radical (unpaired) electrons. The molecule has 1 atom stereocenters. The van der Waals surface area contributed by atoms with Gasteiger partial charge in [-0.3, -0.25) is 18.7 Å². The number of imidazole rings is 1. The second kappa shape index (κ2) is 11.4. The fraction of sp³-hybridized carbons (Fsp3) is 0.500. The number of anilines is 1. The summed E-state index contributed by atoms with van der Waals surface area (Å²) in [5.74, 6) is 1.01. The van der Waals surface area contributed by atoms with E-state index in [9.17, 15) is 14.4 Å². The van der Waals surface area contributed by atoms with Gasteiger partial charge in [-0.1, -0.05) is 44.9 Å². The summed E-state index contributed by atoms with van der Waals surface area (Å²) in [7, 11) is 4.68. The number of hydrogen-bond donors (Lipinski definition) is 1. The molecule has 0 aliphatic carbocycles. The van der Waals surface area contributed by atoms with Crippen molar-refractivity contribution in [3.63, 3.8) is 0 Å². The maximum absolute atomic E-state index is 13.0. The normalized spacial score (nSPS) is 12.1. The predicted molar refractivity (Wildman–Crippen MR) is 136 cm³/mol. The van der Waals surface area contributed by atoms with E-state index in [-0.39, 0.29) is 17.2 Å². The Balaban J connectivity index is 1.91. The minimum Gasteiger partial charge on any atom is -0.497 e. The number of unbranched alkanes of at least 4 members (excludes halogenated alkanes) is 1. The zero-order valence-electron chi connectivity index (χ0n) is 20.5. The zero-order valence-corrected chi connectivity index (χ0v) is 21.3. The predicted octanol–water partition coefficient (Wildman–Crippen LogP) is 3.39. The first-order chi connectivity index (χ1) is 16.3. The number of rotatable bonds is 11. The van der Waals surface area contributed by atoms with Gasteiger partial charge in [0.15, 0.2) is 16.3 Å². The average molecular weight is 488 g/mol. The van der Waals surface area contributed by atoms with Gasteiger partial charge in [-0.15, -0.1) is 0 Å². The van der Waals surface area contributed by atoms with Crippen LogP contribution in [-0.4, -0.2) is 37.5 Å². The standard InChI is InChI=1S/C24H33N5O4S/c1-6-8-9-16(7-2)14-29-20-21(27(3)24(32)28(4)22(20)31)26-23(29)34-15-19(30)25-17-10-12-18(33-5)13-11-17/h10-13,16H,6-9,14-15H2,1-5H3,(H,25,30)/t16-/m0/s1. The molecule has 0 bridgehead atoms. The molecule has 0 aliphatic rings. The number of ether oxygens (including phenoxy) is 1. The summed E-state index contributed by atoms with van der Waals surface area (Å²) in [6.45, 7) is 4.92. The van der Waals surface area contributed by atoms with Crippen LogP contribution >= 0.6 is 11.8 Å². The highest BCUT2D eigenvalue weighted by Gasteiger charge is 2.22. The van der Waals surface area contributed by atoms with Gasteiger partial charge in [0.25, 0.3) is 5.56 Å². The number of carbonyl (C=O) groups excluding carboxylic acids is 1. The quantitative estimate of drug-likeness (QED) is 0.416. The Morgan fingerprint density at radius 3 is 2.47 bits per heavy atom. The molecule has 0 unspecified atom stereocenters. The highest BCUT2D eigenvalue weighted by atomic mass is 32.2. The van der Waals surface area contributed by atoms with Crippen LogP contribution in [0.2, 0.25) is 0 Å². The number of benzene rings is 1. The third-order valence-corrected chi connectivity index (χ3v) is 6.98. The van der Waals surface area contributed by atoms with Crippen LogP contribution in [0.3, 0.4) is 0 Å². The van der Waals surface area contributed by atoms with E-state index in [2.05, 4.69) is 24.1 Å². The third-order valence-electron chi connectivity index (χ3n) is 6.00. The number of methoxy groups -OCH3 is 1. The minimum atomic E-state index is -0.422. The van der Waals surface area contributed by atoms with Gasteiger partial charge in [-0.2, -0.15) is 0 Å². The van der Waals surface area contributed by atoms with Crippen molar-refractivity contribution in [2.75, 3.05) is 18.2 Å². The van der Waals surface area contributed by atoms with Crippen LogP contribution in [-0.2, 0) is 25.4 Å².